The van der Waals surface area contributed by atoms with Gasteiger partial charge in [-0.1, -0.05) is 6.07 Å². The van der Waals surface area contributed by atoms with Crippen LogP contribution in [0.4, 0.5) is 0 Å². The molecule has 0 bridgehead atoms. The van der Waals surface area contributed by atoms with Crippen LogP contribution in [0, 0.1) is 0 Å². The maximum Gasteiger partial charge on any atom is 0.250 e. The largest absolute Gasteiger partial charge is 0.370 e. The highest BCUT2D eigenvalue weighted by Gasteiger charge is 2.25. The molecule has 0 aromatic carbocycles. The second-order valence-corrected chi connectivity index (χ2v) is 6.93. The number of ether oxygens (including phenoxy) is 1. The molecule has 29 heavy (non-hydrogen) atoms. The fourth-order valence-electron chi connectivity index (χ4n) is 3.30. The first-order valence-corrected chi connectivity index (χ1v) is 9.96. The number of nitrogens with zero attached hydrogens (tertiary/aromatic N) is 5. The molecule has 160 valence electrons. The molecule has 0 spiro atoms. The van der Waals surface area contributed by atoms with Crippen molar-refractivity contribution in [1.82, 2.24) is 24.6 Å². The number of aromatic nitrogens is 3. The molecular weight excluding hydrogens is 483 g/mol. The quantitative estimate of drug-likeness (QED) is 0.265. The van der Waals surface area contributed by atoms with Crippen molar-refractivity contribution in [3.63, 3.8) is 0 Å². The highest BCUT2D eigenvalue weighted by molar-refractivity contribution is 14.0. The van der Waals surface area contributed by atoms with Crippen LogP contribution in [-0.4, -0.2) is 58.0 Å². The monoisotopic (exact) mass is 514 g/mol. The molecule has 8 nitrogen and oxygen atoms in total. The van der Waals surface area contributed by atoms with E-state index in [1.54, 1.807) is 21.4 Å². The first-order chi connectivity index (χ1) is 13.7. The maximum absolute atomic E-state index is 11.7. The first-order valence-electron chi connectivity index (χ1n) is 9.96. The Balaban J connectivity index is 0.00000300. The smallest absolute Gasteiger partial charge is 0.250 e. The summed E-state index contributed by atoms with van der Waals surface area (Å²) in [4.78, 5) is 18.8. The molecule has 0 saturated carbocycles. The molecule has 2 aromatic rings. The summed E-state index contributed by atoms with van der Waals surface area (Å²) in [6.07, 6.45) is 7.58. The zero-order chi connectivity index (χ0) is 19.8. The molecule has 1 fully saturated rings. The van der Waals surface area contributed by atoms with Gasteiger partial charge < -0.3 is 19.5 Å². The summed E-state index contributed by atoms with van der Waals surface area (Å²) in [5, 5.41) is 7.64. The average Bonchev–Trinajstić information content (AvgIpc) is 3.15. The van der Waals surface area contributed by atoms with E-state index in [9.17, 15) is 4.79 Å². The minimum atomic E-state index is 0. The Morgan fingerprint density at radius 3 is 2.97 bits per heavy atom. The van der Waals surface area contributed by atoms with Gasteiger partial charge in [0, 0.05) is 57.3 Å². The lowest BCUT2D eigenvalue weighted by Crippen LogP contribution is -2.48. The second kappa shape index (κ2) is 12.0. The normalized spacial score (nSPS) is 17.1. The van der Waals surface area contributed by atoms with E-state index in [0.717, 1.165) is 57.1 Å². The second-order valence-electron chi connectivity index (χ2n) is 6.93. The van der Waals surface area contributed by atoms with Crippen LogP contribution in [0.15, 0.2) is 46.6 Å². The fourth-order valence-corrected chi connectivity index (χ4v) is 3.30. The van der Waals surface area contributed by atoms with Gasteiger partial charge in [0.15, 0.2) is 5.96 Å². The van der Waals surface area contributed by atoms with Crippen molar-refractivity contribution < 1.29 is 4.74 Å². The minimum Gasteiger partial charge on any atom is -0.370 e. The van der Waals surface area contributed by atoms with E-state index in [2.05, 4.69) is 22.2 Å². The number of nitrogens with one attached hydrogen (secondary N) is 1. The zero-order valence-corrected chi connectivity index (χ0v) is 19.5. The average molecular weight is 514 g/mol. The van der Waals surface area contributed by atoms with E-state index in [1.807, 2.05) is 31.7 Å². The van der Waals surface area contributed by atoms with Crippen LogP contribution in [0.1, 0.15) is 31.4 Å². The van der Waals surface area contributed by atoms with Crippen molar-refractivity contribution >= 4 is 29.9 Å². The van der Waals surface area contributed by atoms with Gasteiger partial charge in [0.1, 0.15) is 6.10 Å². The van der Waals surface area contributed by atoms with Crippen molar-refractivity contribution in [2.45, 2.75) is 32.4 Å². The molecule has 3 rings (SSSR count). The Labute approximate surface area is 189 Å². The molecule has 0 radical (unpaired) electrons. The van der Waals surface area contributed by atoms with Crippen LogP contribution in [0.5, 0.6) is 0 Å². The van der Waals surface area contributed by atoms with Crippen LogP contribution >= 0.6 is 24.0 Å². The van der Waals surface area contributed by atoms with E-state index in [4.69, 9.17) is 9.73 Å². The number of rotatable bonds is 7. The Bertz CT molecular complexity index is 834. The standard InChI is InChI=1S/C20H30N6O2.HI/c1-3-21-20(22-9-5-7-11-25-10-6-4-8-19(25)27)26-12-13-28-18(16-26)17-14-23-24(2)15-17;/h4,6,8,10,14-15,18H,3,5,7,9,11-13,16H2,1-2H3,(H,21,22);1H. The Morgan fingerprint density at radius 2 is 2.24 bits per heavy atom. The number of aliphatic imine (C=N–C) groups is 1. The molecule has 2 aromatic heterocycles. The first kappa shape index (κ1) is 23.4. The molecule has 3 heterocycles. The van der Waals surface area contributed by atoms with Crippen molar-refractivity contribution in [2.75, 3.05) is 32.8 Å². The van der Waals surface area contributed by atoms with Gasteiger partial charge in [-0.2, -0.15) is 5.10 Å². The number of guanidine groups is 1. The van der Waals surface area contributed by atoms with Crippen molar-refractivity contribution in [2.24, 2.45) is 12.0 Å². The molecule has 1 saturated heterocycles. The molecule has 1 aliphatic rings. The van der Waals surface area contributed by atoms with Gasteiger partial charge in [-0.3, -0.25) is 14.5 Å². The van der Waals surface area contributed by atoms with Crippen molar-refractivity contribution in [3.8, 4) is 0 Å². The SMILES string of the molecule is CCNC(=NCCCCn1ccccc1=O)N1CCOC(c2cnn(C)c2)C1.I. The van der Waals surface area contributed by atoms with Crippen LogP contribution in [-0.2, 0) is 18.3 Å². The lowest BCUT2D eigenvalue weighted by molar-refractivity contribution is -0.00804. The van der Waals surface area contributed by atoms with Gasteiger partial charge in [-0.25, -0.2) is 0 Å². The predicted octanol–water partition coefficient (Wildman–Crippen LogP) is 2.02. The summed E-state index contributed by atoms with van der Waals surface area (Å²) in [7, 11) is 1.92. The molecule has 1 atom stereocenters. The summed E-state index contributed by atoms with van der Waals surface area (Å²) in [6, 6.07) is 5.26. The van der Waals surface area contributed by atoms with E-state index < -0.39 is 0 Å². The number of hydrogen-bond donors (Lipinski definition) is 1. The Morgan fingerprint density at radius 1 is 1.38 bits per heavy atom. The van der Waals surface area contributed by atoms with Crippen molar-refractivity contribution in [3.05, 3.63) is 52.7 Å². The molecule has 0 amide bonds. The zero-order valence-electron chi connectivity index (χ0n) is 17.2. The molecule has 1 N–H and O–H groups in total. The number of unbranched alkanes of at least 4 members (excludes halogenated alkanes) is 1. The number of hydrogen-bond acceptors (Lipinski definition) is 4. The number of halogens is 1. The van der Waals surface area contributed by atoms with Crippen LogP contribution in [0.2, 0.25) is 0 Å². The molecule has 1 unspecified atom stereocenters. The molecule has 9 heteroatoms. The highest BCUT2D eigenvalue weighted by atomic mass is 127. The van der Waals surface area contributed by atoms with E-state index >= 15 is 0 Å². The van der Waals surface area contributed by atoms with E-state index in [-0.39, 0.29) is 35.6 Å². The minimum absolute atomic E-state index is 0. The summed E-state index contributed by atoms with van der Waals surface area (Å²) in [5.41, 5.74) is 1.14. The maximum atomic E-state index is 11.7. The summed E-state index contributed by atoms with van der Waals surface area (Å²) < 4.78 is 9.47. The number of pyridine rings is 1. The van der Waals surface area contributed by atoms with Gasteiger partial charge in [-0.05, 0) is 25.8 Å². The van der Waals surface area contributed by atoms with E-state index in [1.165, 1.54) is 0 Å². The van der Waals surface area contributed by atoms with E-state index in [0.29, 0.717) is 6.61 Å². The molecule has 0 aliphatic carbocycles. The molecular formula is C20H31IN6O2. The Kier molecular flexibility index (Phi) is 9.65. The Hall–Kier alpha value is -1.88. The third-order valence-corrected chi connectivity index (χ3v) is 4.77. The van der Waals surface area contributed by atoms with Crippen LogP contribution < -0.4 is 10.9 Å². The number of aryl methyl sites for hydroxylation is 2. The third kappa shape index (κ3) is 6.84. The molecule has 1 aliphatic heterocycles. The predicted molar refractivity (Wildman–Crippen MR) is 125 cm³/mol. The van der Waals surface area contributed by atoms with Crippen LogP contribution in [0.25, 0.3) is 0 Å². The van der Waals surface area contributed by atoms with Gasteiger partial charge in [0.2, 0.25) is 5.56 Å². The fraction of sp³-hybridized carbons (Fsp3) is 0.550. The third-order valence-electron chi connectivity index (χ3n) is 4.77. The highest BCUT2D eigenvalue weighted by Crippen LogP contribution is 2.21. The van der Waals surface area contributed by atoms with Crippen molar-refractivity contribution in [1.29, 1.82) is 0 Å². The topological polar surface area (TPSA) is 76.7 Å². The summed E-state index contributed by atoms with van der Waals surface area (Å²) in [6.45, 7) is 6.62. The lowest BCUT2D eigenvalue weighted by atomic mass is 10.1. The van der Waals surface area contributed by atoms with Gasteiger partial charge >= 0.3 is 0 Å². The lowest BCUT2D eigenvalue weighted by Gasteiger charge is -2.34. The van der Waals surface area contributed by atoms with Gasteiger partial charge in [0.25, 0.3) is 0 Å². The summed E-state index contributed by atoms with van der Waals surface area (Å²) in [5.74, 6) is 0.927. The van der Waals surface area contributed by atoms with Crippen LogP contribution in [0.3, 0.4) is 0 Å². The summed E-state index contributed by atoms with van der Waals surface area (Å²) >= 11 is 0. The van der Waals surface area contributed by atoms with Gasteiger partial charge in [-0.15, -0.1) is 24.0 Å². The number of morpholine rings is 1. The van der Waals surface area contributed by atoms with Gasteiger partial charge in [0.05, 0.1) is 19.3 Å².